The molecule has 6 heterocycles. The standard InChI is InChI=1S/C23H31N7O15P2/c24-14-3-4-29(23(33)28-14)22-19(44-15-2-1-5-39-15)18(13(43-22)8-40-46(34,35)36)45-47(37,38)41-7-12-16(31)17(32)21(42-12)30-10-27-11-6-25-9-26-20(11)30/h3-4,6,9-10,12-13,15-19,21-22,31-32H,1-2,5,7-8H2,(H,37,38)(H2,24,28,33)(H2,34,35,36)/t12-,13-,15?,16?,17?,18-,19-,21-,22-/m1/s1. The van der Waals surface area contributed by atoms with Gasteiger partial charge in [-0.2, -0.15) is 4.98 Å². The molecule has 0 aliphatic carbocycles. The summed E-state index contributed by atoms with van der Waals surface area (Å²) in [6.07, 6.45) is -6.34. The molecule has 6 rings (SSSR count). The Hall–Kier alpha value is -2.79. The minimum atomic E-state index is -5.17. The van der Waals surface area contributed by atoms with Crippen LogP contribution in [0.1, 0.15) is 25.3 Å². The lowest BCUT2D eigenvalue weighted by Crippen LogP contribution is -2.41. The number of ether oxygens (including phenoxy) is 4. The van der Waals surface area contributed by atoms with Gasteiger partial charge in [-0.25, -0.2) is 28.9 Å². The molecule has 0 bridgehead atoms. The normalized spacial score (nSPS) is 32.7. The van der Waals surface area contributed by atoms with Gasteiger partial charge in [0.05, 0.1) is 25.7 Å². The second-order valence-corrected chi connectivity index (χ2v) is 13.3. The molecule has 4 unspecified atom stereocenters. The number of aliphatic hydroxyl groups excluding tert-OH is 2. The number of aliphatic hydroxyl groups is 2. The van der Waals surface area contributed by atoms with E-state index in [4.69, 9.17) is 33.7 Å². The summed E-state index contributed by atoms with van der Waals surface area (Å²) in [4.78, 5) is 57.9. The van der Waals surface area contributed by atoms with E-state index >= 15 is 0 Å². The molecule has 7 N–H and O–H groups in total. The number of aromatic nitrogens is 6. The highest BCUT2D eigenvalue weighted by molar-refractivity contribution is 7.47. The molecule has 10 atom stereocenters. The van der Waals surface area contributed by atoms with Crippen LogP contribution in [0.25, 0.3) is 11.2 Å². The Morgan fingerprint density at radius 2 is 1.77 bits per heavy atom. The van der Waals surface area contributed by atoms with Crippen molar-refractivity contribution in [3.63, 3.8) is 0 Å². The fraction of sp³-hybridized carbons (Fsp3) is 0.609. The van der Waals surface area contributed by atoms with Gasteiger partial charge in [-0.3, -0.25) is 22.7 Å². The van der Waals surface area contributed by atoms with E-state index in [1.807, 2.05) is 0 Å². The van der Waals surface area contributed by atoms with Crippen molar-refractivity contribution in [1.82, 2.24) is 29.1 Å². The summed E-state index contributed by atoms with van der Waals surface area (Å²) in [5.74, 6) is -0.110. The molecule has 22 nitrogen and oxygen atoms in total. The zero-order chi connectivity index (χ0) is 33.5. The number of anilines is 1. The number of nitrogens with two attached hydrogens (primary N) is 1. The number of nitrogen functional groups attached to an aromatic ring is 1. The van der Waals surface area contributed by atoms with Gasteiger partial charge < -0.3 is 49.6 Å². The molecule has 0 amide bonds. The van der Waals surface area contributed by atoms with Crippen LogP contribution in [-0.4, -0.2) is 117 Å². The first-order valence-electron chi connectivity index (χ1n) is 14.1. The zero-order valence-corrected chi connectivity index (χ0v) is 25.9. The Kier molecular flexibility index (Phi) is 9.87. The van der Waals surface area contributed by atoms with Crippen LogP contribution in [0.3, 0.4) is 0 Å². The Morgan fingerprint density at radius 3 is 2.49 bits per heavy atom. The third-order valence-corrected chi connectivity index (χ3v) is 8.99. The van der Waals surface area contributed by atoms with Crippen molar-refractivity contribution >= 4 is 32.6 Å². The van der Waals surface area contributed by atoms with Gasteiger partial charge in [0.15, 0.2) is 24.4 Å². The molecule has 0 radical (unpaired) electrons. The molecule has 47 heavy (non-hydrogen) atoms. The number of hydrogen-bond donors (Lipinski definition) is 6. The lowest BCUT2D eigenvalue weighted by atomic mass is 10.1. The van der Waals surface area contributed by atoms with Crippen molar-refractivity contribution in [1.29, 1.82) is 0 Å². The Morgan fingerprint density at radius 1 is 1.00 bits per heavy atom. The highest BCUT2D eigenvalue weighted by atomic mass is 31.2. The SMILES string of the molecule is Nc1ccn([C@@H]2O[C@H](COP(=O)(O)O)[C@@H](OP(=O)(O)OC[C@H]3O[C@@H](n4cnc5cncnc54)C(O)C3O)[C@H]2OC2CCCO2)c(=O)n1. The number of nitrogens with zero attached hydrogens (tertiary/aromatic N) is 6. The number of rotatable bonds is 12. The second-order valence-electron chi connectivity index (χ2n) is 10.7. The molecular formula is C23H31N7O15P2. The molecule has 0 aromatic carbocycles. The van der Waals surface area contributed by atoms with Gasteiger partial charge in [-0.1, -0.05) is 0 Å². The lowest BCUT2D eigenvalue weighted by molar-refractivity contribution is -0.181. The molecule has 3 aromatic rings. The van der Waals surface area contributed by atoms with Gasteiger partial charge >= 0.3 is 21.3 Å². The van der Waals surface area contributed by atoms with Crippen LogP contribution in [0.5, 0.6) is 0 Å². The first kappa shape index (κ1) is 34.1. The highest BCUT2D eigenvalue weighted by Gasteiger charge is 2.53. The van der Waals surface area contributed by atoms with Gasteiger partial charge in [0.1, 0.15) is 54.3 Å². The minimum absolute atomic E-state index is 0.110. The molecule has 3 saturated heterocycles. The van der Waals surface area contributed by atoms with E-state index in [-0.39, 0.29) is 5.82 Å². The van der Waals surface area contributed by atoms with Crippen molar-refractivity contribution in [2.45, 2.75) is 68.2 Å². The fourth-order valence-electron chi connectivity index (χ4n) is 5.38. The van der Waals surface area contributed by atoms with Crippen molar-refractivity contribution < 1.29 is 66.5 Å². The van der Waals surface area contributed by atoms with Crippen LogP contribution < -0.4 is 11.4 Å². The minimum Gasteiger partial charge on any atom is -0.387 e. The Bertz CT molecular complexity index is 1720. The van der Waals surface area contributed by atoms with Crippen molar-refractivity contribution in [2.24, 2.45) is 0 Å². The molecule has 3 aliphatic heterocycles. The van der Waals surface area contributed by atoms with Crippen LogP contribution in [0.4, 0.5) is 5.82 Å². The number of phosphoric ester groups is 2. The van der Waals surface area contributed by atoms with Gasteiger partial charge in [0.2, 0.25) is 0 Å². The third kappa shape index (κ3) is 7.61. The largest absolute Gasteiger partial charge is 0.472 e. The Labute approximate surface area is 263 Å². The monoisotopic (exact) mass is 707 g/mol. The molecule has 0 spiro atoms. The van der Waals surface area contributed by atoms with E-state index in [2.05, 4.69) is 24.5 Å². The summed E-state index contributed by atoms with van der Waals surface area (Å²) in [7, 11) is -10.2. The van der Waals surface area contributed by atoms with E-state index in [9.17, 15) is 38.8 Å². The molecule has 3 aromatic heterocycles. The van der Waals surface area contributed by atoms with Crippen LogP contribution in [0.2, 0.25) is 0 Å². The summed E-state index contributed by atoms with van der Waals surface area (Å²) in [5, 5.41) is 21.3. The summed E-state index contributed by atoms with van der Waals surface area (Å²) >= 11 is 0. The predicted molar refractivity (Wildman–Crippen MR) is 151 cm³/mol. The van der Waals surface area contributed by atoms with Gasteiger partial charge in [0, 0.05) is 19.2 Å². The van der Waals surface area contributed by atoms with E-state index in [0.29, 0.717) is 30.6 Å². The number of hydrogen-bond acceptors (Lipinski definition) is 17. The molecule has 3 fully saturated rings. The van der Waals surface area contributed by atoms with Crippen LogP contribution in [0, 0.1) is 0 Å². The number of fused-ring (bicyclic) bond motifs is 1. The molecule has 258 valence electrons. The summed E-state index contributed by atoms with van der Waals surface area (Å²) in [6, 6.07) is 1.28. The summed E-state index contributed by atoms with van der Waals surface area (Å²) in [5.41, 5.74) is 5.38. The Balaban J connectivity index is 1.21. The van der Waals surface area contributed by atoms with Gasteiger partial charge in [0.25, 0.3) is 0 Å². The first-order chi connectivity index (χ1) is 22.3. The topological polar surface area (TPSA) is 304 Å². The zero-order valence-electron chi connectivity index (χ0n) is 24.1. The van der Waals surface area contributed by atoms with E-state index in [0.717, 1.165) is 4.57 Å². The molecule has 24 heteroatoms. The van der Waals surface area contributed by atoms with Gasteiger partial charge in [-0.15, -0.1) is 0 Å². The average molecular weight is 707 g/mol. The van der Waals surface area contributed by atoms with Crippen molar-refractivity contribution in [2.75, 3.05) is 25.6 Å². The van der Waals surface area contributed by atoms with Crippen molar-refractivity contribution in [3.8, 4) is 0 Å². The molecular weight excluding hydrogens is 676 g/mol. The third-order valence-electron chi connectivity index (χ3n) is 7.52. The maximum Gasteiger partial charge on any atom is 0.472 e. The predicted octanol–water partition coefficient (Wildman–Crippen LogP) is -1.68. The molecule has 3 aliphatic rings. The fourth-order valence-corrected chi connectivity index (χ4v) is 6.68. The summed E-state index contributed by atoms with van der Waals surface area (Å²) < 4.78 is 65.4. The van der Waals surface area contributed by atoms with E-state index in [1.165, 1.54) is 35.7 Å². The maximum absolute atomic E-state index is 13.3. The molecule has 0 saturated carbocycles. The van der Waals surface area contributed by atoms with E-state index in [1.54, 1.807) is 0 Å². The maximum atomic E-state index is 13.3. The van der Waals surface area contributed by atoms with E-state index < -0.39 is 89.9 Å². The number of phosphoric acid groups is 2. The lowest BCUT2D eigenvalue weighted by Gasteiger charge is -2.28. The highest BCUT2D eigenvalue weighted by Crippen LogP contribution is 2.50. The quantitative estimate of drug-likeness (QED) is 0.114. The van der Waals surface area contributed by atoms with Crippen LogP contribution >= 0.6 is 15.6 Å². The van der Waals surface area contributed by atoms with Crippen LogP contribution in [-0.2, 0) is 41.6 Å². The summed E-state index contributed by atoms with van der Waals surface area (Å²) in [6.45, 7) is -1.32. The van der Waals surface area contributed by atoms with Gasteiger partial charge in [-0.05, 0) is 12.5 Å². The average Bonchev–Trinajstić information content (AvgIpc) is 3.80. The number of imidazole rings is 1. The first-order valence-corrected chi connectivity index (χ1v) is 17.1. The smallest absolute Gasteiger partial charge is 0.387 e. The van der Waals surface area contributed by atoms with Crippen molar-refractivity contribution in [3.05, 3.63) is 41.6 Å². The second kappa shape index (κ2) is 13.6. The van der Waals surface area contributed by atoms with Crippen LogP contribution in [0.15, 0.2) is 35.9 Å².